The number of aromatic amines is 1. The lowest BCUT2D eigenvalue weighted by Gasteiger charge is -2.39. The van der Waals surface area contributed by atoms with Gasteiger partial charge in [0.15, 0.2) is 0 Å². The van der Waals surface area contributed by atoms with Crippen molar-refractivity contribution >= 4 is 10.9 Å². The third-order valence-corrected chi connectivity index (χ3v) is 4.96. The summed E-state index contributed by atoms with van der Waals surface area (Å²) >= 11 is 0. The van der Waals surface area contributed by atoms with Crippen LogP contribution >= 0.6 is 0 Å². The molecule has 4 rings (SSSR count). The second kappa shape index (κ2) is 8.40. The lowest BCUT2D eigenvalue weighted by atomic mass is 9.99. The van der Waals surface area contributed by atoms with Crippen LogP contribution in [0.5, 0.6) is 11.5 Å². The lowest BCUT2D eigenvalue weighted by molar-refractivity contribution is -0.277. The van der Waals surface area contributed by atoms with Gasteiger partial charge in [0.1, 0.15) is 42.5 Å². The van der Waals surface area contributed by atoms with Crippen molar-refractivity contribution in [3.05, 3.63) is 60.3 Å². The van der Waals surface area contributed by atoms with Crippen molar-refractivity contribution in [1.29, 1.82) is 0 Å². The highest BCUT2D eigenvalue weighted by atomic mass is 16.7. The van der Waals surface area contributed by atoms with Crippen LogP contribution in [0.2, 0.25) is 0 Å². The maximum atomic E-state index is 10.2. The average molecular weight is 401 g/mol. The monoisotopic (exact) mass is 401 g/mol. The molecule has 1 aliphatic rings. The van der Waals surface area contributed by atoms with E-state index in [0.717, 1.165) is 11.1 Å². The Morgan fingerprint density at radius 2 is 1.76 bits per heavy atom. The fourth-order valence-electron chi connectivity index (χ4n) is 3.29. The summed E-state index contributed by atoms with van der Waals surface area (Å²) in [4.78, 5) is 3.06. The Labute approximate surface area is 166 Å². The van der Waals surface area contributed by atoms with E-state index in [1.165, 1.54) is 0 Å². The van der Waals surface area contributed by atoms with Gasteiger partial charge in [-0.1, -0.05) is 30.3 Å². The Morgan fingerprint density at radius 3 is 2.52 bits per heavy atom. The van der Waals surface area contributed by atoms with Crippen molar-refractivity contribution in [3.63, 3.8) is 0 Å². The fourth-order valence-corrected chi connectivity index (χ4v) is 3.29. The topological polar surface area (TPSA) is 124 Å². The molecule has 5 atom stereocenters. The van der Waals surface area contributed by atoms with Gasteiger partial charge < -0.3 is 39.6 Å². The molecule has 1 aromatic heterocycles. The van der Waals surface area contributed by atoms with Crippen molar-refractivity contribution in [2.75, 3.05) is 6.61 Å². The summed E-state index contributed by atoms with van der Waals surface area (Å²) in [6, 6.07) is 15.3. The highest BCUT2D eigenvalue weighted by Crippen LogP contribution is 2.32. The average Bonchev–Trinajstić information content (AvgIpc) is 3.15. The summed E-state index contributed by atoms with van der Waals surface area (Å²) in [7, 11) is 0. The van der Waals surface area contributed by atoms with E-state index in [1.54, 1.807) is 12.3 Å². The molecule has 0 unspecified atom stereocenters. The van der Waals surface area contributed by atoms with Gasteiger partial charge in [-0.2, -0.15) is 0 Å². The number of hydrogen-bond donors (Lipinski definition) is 5. The molecule has 1 aliphatic heterocycles. The molecule has 1 fully saturated rings. The van der Waals surface area contributed by atoms with Crippen LogP contribution < -0.4 is 9.47 Å². The van der Waals surface area contributed by atoms with E-state index in [4.69, 9.17) is 14.2 Å². The second-order valence-corrected chi connectivity index (χ2v) is 6.95. The molecule has 2 heterocycles. The second-order valence-electron chi connectivity index (χ2n) is 6.95. The summed E-state index contributed by atoms with van der Waals surface area (Å²) in [5.41, 5.74) is 1.83. The zero-order valence-corrected chi connectivity index (χ0v) is 15.5. The number of rotatable bonds is 6. The Morgan fingerprint density at radius 1 is 0.966 bits per heavy atom. The minimum absolute atomic E-state index is 0.384. The van der Waals surface area contributed by atoms with Gasteiger partial charge in [0.25, 0.3) is 0 Å². The van der Waals surface area contributed by atoms with Crippen molar-refractivity contribution in [3.8, 4) is 11.5 Å². The predicted octanol–water partition coefficient (Wildman–Crippen LogP) is 0.926. The SMILES string of the molecule is OC[C@H]1O[C@@H](Oc2c[nH]c3ccc(OCc4ccccc4)cc23)[C@H](O)[C@H](O)[C@@H]1O. The van der Waals surface area contributed by atoms with Crippen LogP contribution in [0.3, 0.4) is 0 Å². The molecule has 0 amide bonds. The molecule has 29 heavy (non-hydrogen) atoms. The molecule has 3 aromatic rings. The van der Waals surface area contributed by atoms with Gasteiger partial charge in [-0.05, 0) is 23.8 Å². The largest absolute Gasteiger partial charge is 0.489 e. The van der Waals surface area contributed by atoms with Crippen molar-refractivity contribution in [2.24, 2.45) is 0 Å². The van der Waals surface area contributed by atoms with Gasteiger partial charge in [0.05, 0.1) is 6.61 Å². The third-order valence-electron chi connectivity index (χ3n) is 4.96. The number of aliphatic hydroxyl groups excluding tert-OH is 4. The highest BCUT2D eigenvalue weighted by Gasteiger charge is 2.44. The maximum absolute atomic E-state index is 10.2. The standard InChI is InChI=1S/C21H23NO7/c23-10-17-18(24)19(25)20(26)21(29-17)28-16-9-22-15-7-6-13(8-14(15)16)27-11-12-4-2-1-3-5-12/h1-9,17-26H,10-11H2/t17-,18-,19-,20-,21-/m1/s1. The van der Waals surface area contributed by atoms with Crippen molar-refractivity contribution < 1.29 is 34.6 Å². The molecule has 0 aliphatic carbocycles. The fraction of sp³-hybridized carbons (Fsp3) is 0.333. The van der Waals surface area contributed by atoms with Crippen LogP contribution in [0, 0.1) is 0 Å². The number of fused-ring (bicyclic) bond motifs is 1. The number of benzene rings is 2. The molecule has 1 saturated heterocycles. The first kappa shape index (κ1) is 19.7. The molecule has 0 spiro atoms. The van der Waals surface area contributed by atoms with Crippen LogP contribution in [0.25, 0.3) is 10.9 Å². The predicted molar refractivity (Wildman–Crippen MR) is 103 cm³/mol. The first-order valence-electron chi connectivity index (χ1n) is 9.32. The Kier molecular flexibility index (Phi) is 5.70. The van der Waals surface area contributed by atoms with Gasteiger partial charge in [0, 0.05) is 17.1 Å². The van der Waals surface area contributed by atoms with Gasteiger partial charge >= 0.3 is 0 Å². The lowest BCUT2D eigenvalue weighted by Crippen LogP contribution is -2.60. The van der Waals surface area contributed by atoms with Crippen LogP contribution in [0.4, 0.5) is 0 Å². The molecule has 2 aromatic carbocycles. The molecule has 8 heteroatoms. The molecule has 0 bridgehead atoms. The normalized spacial score (nSPS) is 27.1. The van der Waals surface area contributed by atoms with Crippen molar-refractivity contribution in [2.45, 2.75) is 37.3 Å². The molecule has 0 saturated carbocycles. The maximum Gasteiger partial charge on any atom is 0.229 e. The summed E-state index contributed by atoms with van der Waals surface area (Å²) in [5.74, 6) is 1.02. The van der Waals surface area contributed by atoms with E-state index in [0.29, 0.717) is 23.5 Å². The minimum atomic E-state index is -1.50. The van der Waals surface area contributed by atoms with E-state index < -0.39 is 37.3 Å². The smallest absolute Gasteiger partial charge is 0.229 e. The highest BCUT2D eigenvalue weighted by molar-refractivity contribution is 5.87. The van der Waals surface area contributed by atoms with E-state index in [9.17, 15) is 20.4 Å². The zero-order chi connectivity index (χ0) is 20.4. The van der Waals surface area contributed by atoms with E-state index >= 15 is 0 Å². The molecule has 8 nitrogen and oxygen atoms in total. The van der Waals surface area contributed by atoms with Crippen LogP contribution in [-0.2, 0) is 11.3 Å². The Bertz CT molecular complexity index is 943. The molecule has 154 valence electrons. The summed E-state index contributed by atoms with van der Waals surface area (Å²) < 4.78 is 17.0. The summed E-state index contributed by atoms with van der Waals surface area (Å²) in [5, 5.41) is 40.0. The van der Waals surface area contributed by atoms with Gasteiger partial charge in [0.2, 0.25) is 6.29 Å². The van der Waals surface area contributed by atoms with Gasteiger partial charge in [-0.3, -0.25) is 0 Å². The number of hydrogen-bond acceptors (Lipinski definition) is 7. The molecular formula is C21H23NO7. The zero-order valence-electron chi connectivity index (χ0n) is 15.5. The van der Waals surface area contributed by atoms with Gasteiger partial charge in [-0.15, -0.1) is 0 Å². The minimum Gasteiger partial charge on any atom is -0.489 e. The van der Waals surface area contributed by atoms with Crippen LogP contribution in [-0.4, -0.2) is 62.7 Å². The first-order valence-corrected chi connectivity index (χ1v) is 9.32. The number of H-pyrrole nitrogens is 1. The van der Waals surface area contributed by atoms with E-state index in [1.807, 2.05) is 42.5 Å². The summed E-state index contributed by atoms with van der Waals surface area (Å²) in [6.07, 6.45) is -5.09. The van der Waals surface area contributed by atoms with E-state index in [2.05, 4.69) is 4.98 Å². The Balaban J connectivity index is 1.51. The van der Waals surface area contributed by atoms with E-state index in [-0.39, 0.29) is 0 Å². The summed E-state index contributed by atoms with van der Waals surface area (Å²) in [6.45, 7) is -0.101. The molecule has 5 N–H and O–H groups in total. The van der Waals surface area contributed by atoms with Crippen LogP contribution in [0.15, 0.2) is 54.7 Å². The number of aliphatic hydroxyl groups is 4. The van der Waals surface area contributed by atoms with Crippen LogP contribution in [0.1, 0.15) is 5.56 Å². The van der Waals surface area contributed by atoms with Crippen molar-refractivity contribution in [1.82, 2.24) is 4.98 Å². The number of aromatic nitrogens is 1. The molecule has 0 radical (unpaired) electrons. The van der Waals surface area contributed by atoms with Gasteiger partial charge in [-0.25, -0.2) is 0 Å². The third kappa shape index (κ3) is 4.07. The molecular weight excluding hydrogens is 378 g/mol. The number of ether oxygens (including phenoxy) is 3. The quantitative estimate of drug-likeness (QED) is 0.416. The number of nitrogens with one attached hydrogen (secondary N) is 1. The Hall–Kier alpha value is -2.62. The first-order chi connectivity index (χ1) is 14.1.